The molecule has 0 spiro atoms. The molecule has 1 rings (SSSR count). The molecule has 2 nitrogen and oxygen atoms in total. The highest BCUT2D eigenvalue weighted by Gasteiger charge is 2.39. The fourth-order valence-electron chi connectivity index (χ4n) is 0.764. The van der Waals surface area contributed by atoms with E-state index in [1.165, 1.54) is 11.4 Å². The maximum Gasteiger partial charge on any atom is 0.407 e. The van der Waals surface area contributed by atoms with Crippen molar-refractivity contribution in [1.29, 1.82) is 0 Å². The lowest BCUT2D eigenvalue weighted by molar-refractivity contribution is -0.148. The minimum atomic E-state index is -4.42. The van der Waals surface area contributed by atoms with E-state index in [2.05, 4.69) is 0 Å². The number of hydrogen-bond donors (Lipinski definition) is 2. The van der Waals surface area contributed by atoms with Crippen LogP contribution >= 0.6 is 11.3 Å². The highest BCUT2D eigenvalue weighted by Crippen LogP contribution is 2.35. The molecule has 1 aromatic rings. The maximum absolute atomic E-state index is 12.0. The van der Waals surface area contributed by atoms with Crippen LogP contribution in [0, 0.1) is 0 Å². The second-order valence-electron chi connectivity index (χ2n) is 2.26. The van der Waals surface area contributed by atoms with Gasteiger partial charge in [-0.1, -0.05) is 0 Å². The van der Waals surface area contributed by atoms with Crippen molar-refractivity contribution in [2.75, 3.05) is 5.73 Å². The predicted octanol–water partition coefficient (Wildman–Crippen LogP) is 1.89. The number of rotatable bonds is 1. The van der Waals surface area contributed by atoms with Crippen LogP contribution in [0.3, 0.4) is 0 Å². The van der Waals surface area contributed by atoms with Crippen LogP contribution < -0.4 is 11.5 Å². The van der Waals surface area contributed by atoms with Crippen LogP contribution in [0.15, 0.2) is 11.4 Å². The molecule has 0 saturated heterocycles. The quantitative estimate of drug-likeness (QED) is 0.720. The van der Waals surface area contributed by atoms with Crippen LogP contribution in [0.4, 0.5) is 18.2 Å². The summed E-state index contributed by atoms with van der Waals surface area (Å²) in [6.45, 7) is 0. The Balaban J connectivity index is 2.92. The Kier molecular flexibility index (Phi) is 2.29. The largest absolute Gasteiger partial charge is 0.407 e. The van der Waals surface area contributed by atoms with E-state index in [1.54, 1.807) is 0 Å². The average molecular weight is 196 g/mol. The zero-order chi connectivity index (χ0) is 9.35. The third-order valence-corrected chi connectivity index (χ3v) is 2.18. The van der Waals surface area contributed by atoms with E-state index in [4.69, 9.17) is 11.5 Å². The second-order valence-corrected chi connectivity index (χ2v) is 3.21. The van der Waals surface area contributed by atoms with Crippen molar-refractivity contribution >= 4 is 16.3 Å². The number of thiophene rings is 1. The minimum Gasteiger partial charge on any atom is -0.390 e. The minimum absolute atomic E-state index is 0.0486. The van der Waals surface area contributed by atoms with Gasteiger partial charge in [-0.15, -0.1) is 11.3 Å². The highest BCUT2D eigenvalue weighted by molar-refractivity contribution is 7.14. The summed E-state index contributed by atoms with van der Waals surface area (Å²) in [7, 11) is 0. The van der Waals surface area contributed by atoms with E-state index in [9.17, 15) is 13.2 Å². The molecule has 1 heterocycles. The van der Waals surface area contributed by atoms with E-state index in [-0.39, 0.29) is 10.6 Å². The van der Waals surface area contributed by atoms with Crippen LogP contribution in [-0.4, -0.2) is 6.18 Å². The van der Waals surface area contributed by atoms with Gasteiger partial charge in [0.2, 0.25) is 0 Å². The van der Waals surface area contributed by atoms with Crippen molar-refractivity contribution in [2.45, 2.75) is 12.2 Å². The van der Waals surface area contributed by atoms with Crippen LogP contribution in [0.1, 0.15) is 11.6 Å². The molecule has 0 amide bonds. The van der Waals surface area contributed by atoms with E-state index >= 15 is 0 Å². The lowest BCUT2D eigenvalue weighted by Crippen LogP contribution is -2.28. The Labute approximate surface area is 71.0 Å². The lowest BCUT2D eigenvalue weighted by Gasteiger charge is -2.14. The van der Waals surface area contributed by atoms with Gasteiger partial charge in [-0.2, -0.15) is 13.2 Å². The molecular formula is C6H7F3N2S. The number of nitrogens with two attached hydrogens (primary N) is 2. The Morgan fingerprint density at radius 3 is 2.33 bits per heavy atom. The molecule has 0 aliphatic heterocycles. The van der Waals surface area contributed by atoms with Gasteiger partial charge in [0.05, 0.1) is 5.00 Å². The first-order chi connectivity index (χ1) is 5.43. The topological polar surface area (TPSA) is 52.0 Å². The van der Waals surface area contributed by atoms with Gasteiger partial charge in [0.25, 0.3) is 0 Å². The molecule has 68 valence electrons. The summed E-state index contributed by atoms with van der Waals surface area (Å²) in [5.74, 6) is 0. The molecule has 0 aromatic carbocycles. The van der Waals surface area contributed by atoms with Crippen molar-refractivity contribution in [1.82, 2.24) is 0 Å². The summed E-state index contributed by atoms with van der Waals surface area (Å²) in [4.78, 5) is 0. The first kappa shape index (κ1) is 9.34. The monoisotopic (exact) mass is 196 g/mol. The summed E-state index contributed by atoms with van der Waals surface area (Å²) in [6.07, 6.45) is -4.42. The standard InChI is InChI=1S/C6H7F3N2S/c7-6(8,9)4(10)3-1-2-12-5(3)11/h1-2,4H,10-11H2/t4-/m0/s1. The molecule has 0 aliphatic rings. The Morgan fingerprint density at radius 1 is 1.42 bits per heavy atom. The van der Waals surface area contributed by atoms with Gasteiger partial charge in [-0.3, -0.25) is 0 Å². The fourth-order valence-corrected chi connectivity index (χ4v) is 1.46. The molecule has 0 bridgehead atoms. The molecule has 4 N–H and O–H groups in total. The molecule has 1 atom stereocenters. The molecule has 12 heavy (non-hydrogen) atoms. The smallest absolute Gasteiger partial charge is 0.390 e. The van der Waals surface area contributed by atoms with Crippen molar-refractivity contribution in [3.63, 3.8) is 0 Å². The van der Waals surface area contributed by atoms with Gasteiger partial charge in [-0.25, -0.2) is 0 Å². The van der Waals surface area contributed by atoms with Gasteiger partial charge < -0.3 is 11.5 Å². The zero-order valence-electron chi connectivity index (χ0n) is 5.93. The number of alkyl halides is 3. The summed E-state index contributed by atoms with van der Waals surface area (Å²) in [5, 5.41) is 1.61. The second kappa shape index (κ2) is 2.95. The van der Waals surface area contributed by atoms with Gasteiger partial charge in [0.15, 0.2) is 0 Å². The van der Waals surface area contributed by atoms with Crippen LogP contribution in [0.2, 0.25) is 0 Å². The van der Waals surface area contributed by atoms with Crippen LogP contribution in [-0.2, 0) is 0 Å². The number of nitrogen functional groups attached to an aromatic ring is 1. The van der Waals surface area contributed by atoms with Crippen LogP contribution in [0.5, 0.6) is 0 Å². The third-order valence-electron chi connectivity index (χ3n) is 1.41. The zero-order valence-corrected chi connectivity index (χ0v) is 6.75. The molecule has 0 radical (unpaired) electrons. The van der Waals surface area contributed by atoms with Crippen molar-refractivity contribution in [3.05, 3.63) is 17.0 Å². The molecule has 0 aliphatic carbocycles. The molecule has 1 aromatic heterocycles. The lowest BCUT2D eigenvalue weighted by atomic mass is 10.1. The number of hydrogen-bond acceptors (Lipinski definition) is 3. The van der Waals surface area contributed by atoms with E-state index in [1.807, 2.05) is 0 Å². The summed E-state index contributed by atoms with van der Waals surface area (Å²) >= 11 is 1.05. The molecular weight excluding hydrogens is 189 g/mol. The fraction of sp³-hybridized carbons (Fsp3) is 0.333. The Morgan fingerprint density at radius 2 is 2.00 bits per heavy atom. The molecule has 6 heteroatoms. The van der Waals surface area contributed by atoms with Crippen molar-refractivity contribution in [2.24, 2.45) is 5.73 Å². The van der Waals surface area contributed by atoms with E-state index in [0.29, 0.717) is 0 Å². The molecule has 0 unspecified atom stereocenters. The number of halogens is 3. The molecule has 0 saturated carbocycles. The highest BCUT2D eigenvalue weighted by atomic mass is 32.1. The van der Waals surface area contributed by atoms with E-state index < -0.39 is 12.2 Å². The summed E-state index contributed by atoms with van der Waals surface area (Å²) in [6, 6.07) is -0.679. The Bertz CT molecular complexity index is 268. The van der Waals surface area contributed by atoms with Gasteiger partial charge in [0.1, 0.15) is 6.04 Å². The van der Waals surface area contributed by atoms with Crippen LogP contribution in [0.25, 0.3) is 0 Å². The van der Waals surface area contributed by atoms with Gasteiger partial charge >= 0.3 is 6.18 Å². The average Bonchev–Trinajstić information content (AvgIpc) is 2.31. The van der Waals surface area contributed by atoms with Gasteiger partial charge in [-0.05, 0) is 11.4 Å². The third kappa shape index (κ3) is 1.70. The number of anilines is 1. The first-order valence-electron chi connectivity index (χ1n) is 3.08. The normalized spacial score (nSPS) is 14.7. The van der Waals surface area contributed by atoms with Crippen molar-refractivity contribution < 1.29 is 13.2 Å². The predicted molar refractivity (Wildman–Crippen MR) is 41.7 cm³/mol. The molecule has 0 fully saturated rings. The first-order valence-corrected chi connectivity index (χ1v) is 3.96. The summed E-state index contributed by atoms with van der Waals surface area (Å²) in [5.41, 5.74) is 10.1. The van der Waals surface area contributed by atoms with Gasteiger partial charge in [0, 0.05) is 5.56 Å². The maximum atomic E-state index is 12.0. The van der Waals surface area contributed by atoms with E-state index in [0.717, 1.165) is 11.3 Å². The SMILES string of the molecule is Nc1sccc1[C@H](N)C(F)(F)F. The summed E-state index contributed by atoms with van der Waals surface area (Å²) < 4.78 is 36.0. The Hall–Kier alpha value is -0.750. The van der Waals surface area contributed by atoms with Crippen molar-refractivity contribution in [3.8, 4) is 0 Å².